The van der Waals surface area contributed by atoms with Crippen LogP contribution in [0.25, 0.3) is 10.9 Å². The highest BCUT2D eigenvalue weighted by Gasteiger charge is 2.42. The van der Waals surface area contributed by atoms with E-state index in [9.17, 15) is 4.79 Å². The first-order valence-corrected chi connectivity index (χ1v) is 8.21. The zero-order valence-electron chi connectivity index (χ0n) is 14.5. The Bertz CT molecular complexity index is 723. The van der Waals surface area contributed by atoms with Crippen molar-refractivity contribution in [2.75, 3.05) is 20.8 Å². The monoisotopic (exact) mass is 332 g/mol. The summed E-state index contributed by atoms with van der Waals surface area (Å²) in [7, 11) is 3.19. The Balaban J connectivity index is 2.12. The van der Waals surface area contributed by atoms with E-state index < -0.39 is 12.3 Å². The van der Waals surface area contributed by atoms with E-state index in [1.807, 2.05) is 32.0 Å². The number of rotatable bonds is 5. The number of fused-ring (bicyclic) bond motifs is 3. The molecule has 0 spiro atoms. The number of aromatic amines is 1. The molecule has 2 aromatic rings. The maximum atomic E-state index is 12.4. The van der Waals surface area contributed by atoms with Gasteiger partial charge in [-0.2, -0.15) is 0 Å². The van der Waals surface area contributed by atoms with Crippen LogP contribution in [0.1, 0.15) is 37.1 Å². The van der Waals surface area contributed by atoms with Gasteiger partial charge < -0.3 is 19.2 Å². The van der Waals surface area contributed by atoms with Gasteiger partial charge in [-0.25, -0.2) is 0 Å². The van der Waals surface area contributed by atoms with Crippen LogP contribution >= 0.6 is 0 Å². The number of ether oxygens (including phenoxy) is 3. The van der Waals surface area contributed by atoms with Crippen molar-refractivity contribution in [3.8, 4) is 0 Å². The van der Waals surface area contributed by atoms with Crippen LogP contribution < -0.4 is 5.32 Å². The van der Waals surface area contributed by atoms with E-state index in [-0.39, 0.29) is 17.9 Å². The van der Waals surface area contributed by atoms with Gasteiger partial charge in [0.05, 0.1) is 12.6 Å². The van der Waals surface area contributed by atoms with E-state index in [0.717, 1.165) is 22.2 Å². The smallest absolute Gasteiger partial charge is 0.323 e. The number of benzene rings is 1. The second-order valence-electron chi connectivity index (χ2n) is 6.00. The molecule has 6 heteroatoms. The van der Waals surface area contributed by atoms with Crippen LogP contribution in [0.5, 0.6) is 0 Å². The third-order valence-corrected chi connectivity index (χ3v) is 4.68. The minimum absolute atomic E-state index is 0.0270. The first kappa shape index (κ1) is 17.0. The lowest BCUT2D eigenvalue weighted by atomic mass is 9.84. The number of carbonyl (C=O) groups is 1. The zero-order chi connectivity index (χ0) is 17.3. The minimum Gasteiger partial charge on any atom is -0.465 e. The normalized spacial score (nSPS) is 23.5. The molecule has 2 N–H and O–H groups in total. The third-order valence-electron chi connectivity index (χ3n) is 4.68. The quantitative estimate of drug-likeness (QED) is 0.650. The predicted molar refractivity (Wildman–Crippen MR) is 90.8 cm³/mol. The molecule has 0 bridgehead atoms. The maximum Gasteiger partial charge on any atom is 0.323 e. The van der Waals surface area contributed by atoms with E-state index in [2.05, 4.69) is 16.4 Å². The number of hydrogen-bond acceptors (Lipinski definition) is 5. The Labute approximate surface area is 141 Å². The molecule has 2 heterocycles. The molecule has 1 aromatic heterocycles. The fourth-order valence-corrected chi connectivity index (χ4v) is 3.60. The minimum atomic E-state index is -0.513. The molecule has 24 heavy (non-hydrogen) atoms. The zero-order valence-corrected chi connectivity index (χ0v) is 14.5. The number of nitrogens with one attached hydrogen (secondary N) is 2. The maximum absolute atomic E-state index is 12.4. The highest BCUT2D eigenvalue weighted by atomic mass is 16.7. The fraction of sp³-hybridized carbons (Fsp3) is 0.500. The molecule has 3 atom stereocenters. The number of esters is 1. The molecule has 3 rings (SSSR count). The van der Waals surface area contributed by atoms with Crippen molar-refractivity contribution in [1.82, 2.24) is 10.3 Å². The highest BCUT2D eigenvalue weighted by Crippen LogP contribution is 2.40. The van der Waals surface area contributed by atoms with Gasteiger partial charge in [0.25, 0.3) is 0 Å². The molecule has 130 valence electrons. The molecule has 1 aromatic carbocycles. The molecular formula is C18H24N2O4. The van der Waals surface area contributed by atoms with Crippen molar-refractivity contribution in [3.05, 3.63) is 35.5 Å². The van der Waals surface area contributed by atoms with Crippen LogP contribution in [0.15, 0.2) is 24.3 Å². The number of methoxy groups -OCH3 is 2. The summed E-state index contributed by atoms with van der Waals surface area (Å²) in [6.07, 6.45) is -0.513. The summed E-state index contributed by atoms with van der Waals surface area (Å²) in [5.41, 5.74) is 3.15. The van der Waals surface area contributed by atoms with E-state index in [1.54, 1.807) is 14.2 Å². The number of hydrogen-bond donors (Lipinski definition) is 2. The van der Waals surface area contributed by atoms with Gasteiger partial charge in [0.15, 0.2) is 6.29 Å². The van der Waals surface area contributed by atoms with E-state index >= 15 is 0 Å². The summed E-state index contributed by atoms with van der Waals surface area (Å²) in [4.78, 5) is 15.9. The van der Waals surface area contributed by atoms with Gasteiger partial charge in [0, 0.05) is 36.7 Å². The van der Waals surface area contributed by atoms with Crippen LogP contribution in [-0.2, 0) is 19.0 Å². The standard InChI is InChI=1S/C18H24N2O4/c1-5-24-17(21)14-10(2)13-11-8-6-7-9-12(11)19-15(13)16(20-14)18(22-3)23-4/h6-10,14,16,18-20H,5H2,1-4H3/t10-,14+,16+/m0/s1. The molecule has 6 nitrogen and oxygen atoms in total. The summed E-state index contributed by atoms with van der Waals surface area (Å²) in [5, 5.41) is 4.47. The molecule has 0 radical (unpaired) electrons. The molecule has 0 unspecified atom stereocenters. The average Bonchev–Trinajstić information content (AvgIpc) is 2.98. The summed E-state index contributed by atoms with van der Waals surface area (Å²) < 4.78 is 16.2. The molecule has 1 aliphatic heterocycles. The van der Waals surface area contributed by atoms with Crippen LogP contribution in [0.4, 0.5) is 0 Å². The van der Waals surface area contributed by atoms with Gasteiger partial charge in [0.1, 0.15) is 6.04 Å². The Morgan fingerprint density at radius 1 is 1.25 bits per heavy atom. The first-order chi connectivity index (χ1) is 11.6. The molecule has 0 fully saturated rings. The second-order valence-corrected chi connectivity index (χ2v) is 6.00. The second kappa shape index (κ2) is 6.93. The third kappa shape index (κ3) is 2.70. The van der Waals surface area contributed by atoms with Crippen molar-refractivity contribution < 1.29 is 19.0 Å². The van der Waals surface area contributed by atoms with Gasteiger partial charge in [0.2, 0.25) is 0 Å². The Morgan fingerprint density at radius 2 is 1.96 bits per heavy atom. The molecule has 0 saturated carbocycles. The van der Waals surface area contributed by atoms with E-state index in [4.69, 9.17) is 14.2 Å². The number of carbonyl (C=O) groups excluding carboxylic acids is 1. The lowest BCUT2D eigenvalue weighted by molar-refractivity contribution is -0.151. The van der Waals surface area contributed by atoms with Crippen molar-refractivity contribution >= 4 is 16.9 Å². The van der Waals surface area contributed by atoms with Crippen molar-refractivity contribution in [1.29, 1.82) is 0 Å². The van der Waals surface area contributed by atoms with Crippen LogP contribution in [-0.4, -0.2) is 44.1 Å². The van der Waals surface area contributed by atoms with Crippen molar-refractivity contribution in [2.45, 2.75) is 38.1 Å². The van der Waals surface area contributed by atoms with Gasteiger partial charge >= 0.3 is 5.97 Å². The number of para-hydroxylation sites is 1. The van der Waals surface area contributed by atoms with E-state index in [1.165, 1.54) is 0 Å². The predicted octanol–water partition coefficient (Wildman–Crippen LogP) is 2.47. The van der Waals surface area contributed by atoms with Crippen LogP contribution in [0, 0.1) is 0 Å². The molecule has 0 aliphatic carbocycles. The molecule has 0 amide bonds. The number of H-pyrrole nitrogens is 1. The Morgan fingerprint density at radius 3 is 2.62 bits per heavy atom. The Kier molecular flexibility index (Phi) is 4.89. The average molecular weight is 332 g/mol. The summed E-state index contributed by atoms with van der Waals surface area (Å²) in [6.45, 7) is 4.21. The molecular weight excluding hydrogens is 308 g/mol. The number of aromatic nitrogens is 1. The summed E-state index contributed by atoms with van der Waals surface area (Å²) in [6, 6.07) is 7.36. The fourth-order valence-electron chi connectivity index (χ4n) is 3.60. The van der Waals surface area contributed by atoms with Gasteiger partial charge in [-0.15, -0.1) is 0 Å². The van der Waals surface area contributed by atoms with Crippen molar-refractivity contribution in [3.63, 3.8) is 0 Å². The van der Waals surface area contributed by atoms with Crippen LogP contribution in [0.2, 0.25) is 0 Å². The molecule has 0 saturated heterocycles. The van der Waals surface area contributed by atoms with E-state index in [0.29, 0.717) is 6.61 Å². The first-order valence-electron chi connectivity index (χ1n) is 8.21. The largest absolute Gasteiger partial charge is 0.465 e. The Hall–Kier alpha value is -1.89. The lowest BCUT2D eigenvalue weighted by Crippen LogP contribution is -2.51. The molecule has 1 aliphatic rings. The summed E-state index contributed by atoms with van der Waals surface area (Å²) in [5.74, 6) is -0.280. The highest BCUT2D eigenvalue weighted by molar-refractivity contribution is 5.88. The van der Waals surface area contributed by atoms with Gasteiger partial charge in [-0.05, 0) is 18.6 Å². The van der Waals surface area contributed by atoms with Gasteiger partial charge in [-0.3, -0.25) is 10.1 Å². The van der Waals surface area contributed by atoms with Crippen LogP contribution in [0.3, 0.4) is 0 Å². The lowest BCUT2D eigenvalue weighted by Gasteiger charge is -2.37. The topological polar surface area (TPSA) is 72.6 Å². The van der Waals surface area contributed by atoms with Crippen molar-refractivity contribution in [2.24, 2.45) is 0 Å². The summed E-state index contributed by atoms with van der Waals surface area (Å²) >= 11 is 0. The SMILES string of the molecule is CCOC(=O)[C@@H]1N[C@@H](C(OC)OC)c2[nH]c3ccccc3c2[C@@H]1C. The van der Waals surface area contributed by atoms with Gasteiger partial charge in [-0.1, -0.05) is 25.1 Å².